The SMILES string of the molecule is [2H]C1=CN([2H])C([2H])([2H])N([2H])C1([2H])[2H]. The van der Waals surface area contributed by atoms with E-state index in [4.69, 9.17) is 9.68 Å². The fraction of sp³-hybridized carbons (Fsp3) is 0.500. The van der Waals surface area contributed by atoms with Crippen LogP contribution in [-0.4, -0.2) is 13.1 Å². The Morgan fingerprint density at radius 2 is 3.17 bits per heavy atom. The van der Waals surface area contributed by atoms with Gasteiger partial charge in [0.2, 0.25) is 0 Å². The van der Waals surface area contributed by atoms with E-state index in [1.807, 2.05) is 0 Å². The van der Waals surface area contributed by atoms with Crippen LogP contribution in [0.25, 0.3) is 0 Å². The molecule has 1 heterocycles. The molecule has 1 aliphatic heterocycles. The second kappa shape index (κ2) is 1.82. The summed E-state index contributed by atoms with van der Waals surface area (Å²) in [6.07, 6.45) is 0.713. The lowest BCUT2D eigenvalue weighted by atomic mass is 10.5. The summed E-state index contributed by atoms with van der Waals surface area (Å²) < 4.78 is 49.9. The van der Waals surface area contributed by atoms with Gasteiger partial charge in [0.25, 0.3) is 0 Å². The highest BCUT2D eigenvalue weighted by molar-refractivity contribution is 4.84. The topological polar surface area (TPSA) is 24.1 Å². The summed E-state index contributed by atoms with van der Waals surface area (Å²) in [7, 11) is 0. The highest BCUT2D eigenvalue weighted by Crippen LogP contribution is 1.68. The van der Waals surface area contributed by atoms with Crippen molar-refractivity contribution >= 4 is 0 Å². The van der Waals surface area contributed by atoms with Crippen molar-refractivity contribution in [3.05, 3.63) is 12.3 Å². The van der Waals surface area contributed by atoms with Crippen LogP contribution in [0, 0.1) is 0 Å². The molecule has 0 radical (unpaired) electrons. The zero-order chi connectivity index (χ0) is 10.4. The van der Waals surface area contributed by atoms with Gasteiger partial charge in [-0.3, -0.25) is 5.31 Å². The molecule has 2 heteroatoms. The van der Waals surface area contributed by atoms with Crippen LogP contribution in [0.4, 0.5) is 0 Å². The molecule has 0 saturated carbocycles. The summed E-state index contributed by atoms with van der Waals surface area (Å²) in [5.41, 5.74) is 0. The van der Waals surface area contributed by atoms with E-state index in [0.717, 1.165) is 0 Å². The molecule has 0 aliphatic carbocycles. The minimum absolute atomic E-state index is 0.0463. The van der Waals surface area contributed by atoms with Gasteiger partial charge in [-0.05, 0) is 6.20 Å². The van der Waals surface area contributed by atoms with Crippen LogP contribution >= 0.6 is 0 Å². The van der Waals surface area contributed by atoms with Crippen molar-refractivity contribution in [1.29, 1.82) is 0 Å². The maximum atomic E-state index is 7.18. The second-order valence-electron chi connectivity index (χ2n) is 0.726. The fourth-order valence-corrected chi connectivity index (χ4v) is 0.176. The molecule has 1 aliphatic rings. The van der Waals surface area contributed by atoms with Gasteiger partial charge in [0.1, 0.15) is 1.41 Å². The molecule has 0 saturated heterocycles. The zero-order valence-corrected chi connectivity index (χ0v) is 2.97. The monoisotopic (exact) mass is 91.1 g/mol. The molecule has 2 N–H and O–H groups in total. The molecule has 0 atom stereocenters. The highest BCUT2D eigenvalue weighted by atomic mass is 15.1. The Kier molecular flexibility index (Phi) is 0.216. The van der Waals surface area contributed by atoms with Crippen LogP contribution in [0.2, 0.25) is 2.82 Å². The molecule has 0 bridgehead atoms. The number of hydrogen-bond donors (Lipinski definition) is 2. The van der Waals surface area contributed by atoms with Gasteiger partial charge in [-0.25, -0.2) is 0 Å². The first kappa shape index (κ1) is 0.713. The first-order valence-corrected chi connectivity index (χ1v) is 1.47. The van der Waals surface area contributed by atoms with Crippen molar-refractivity contribution < 1.29 is 9.68 Å². The van der Waals surface area contributed by atoms with Gasteiger partial charge in [-0.15, -0.1) is 0 Å². The minimum atomic E-state index is -2.56. The van der Waals surface area contributed by atoms with E-state index >= 15 is 0 Å². The number of rotatable bonds is 0. The van der Waals surface area contributed by atoms with E-state index in [1.54, 1.807) is 0 Å². The maximum Gasteiger partial charge on any atom is 0.161 e. The van der Waals surface area contributed by atoms with Gasteiger partial charge in [0.15, 0.2) is 1.41 Å². The van der Waals surface area contributed by atoms with E-state index in [9.17, 15) is 0 Å². The zero-order valence-electron chi connectivity index (χ0n) is 9.97. The van der Waals surface area contributed by atoms with Gasteiger partial charge in [0, 0.05) is 9.24 Å². The molecular weight excluding hydrogens is 76.1 g/mol. The summed E-state index contributed by atoms with van der Waals surface area (Å²) in [4.78, 5) is 0. The van der Waals surface area contributed by atoms with Gasteiger partial charge in [-0.1, -0.05) is 6.05 Å². The molecule has 0 aromatic rings. The van der Waals surface area contributed by atoms with Crippen LogP contribution in [0.15, 0.2) is 12.3 Å². The highest BCUT2D eigenvalue weighted by Gasteiger charge is 1.81. The average molecular weight is 91.2 g/mol. The number of hydrogen-bond acceptors (Lipinski definition) is 2. The molecule has 0 unspecified atom stereocenters. The Morgan fingerprint density at radius 1 is 2.17 bits per heavy atom. The Bertz CT molecular complexity index is 249. The van der Waals surface area contributed by atoms with Crippen molar-refractivity contribution in [3.8, 4) is 0 Å². The minimum Gasteiger partial charge on any atom is -0.379 e. The van der Waals surface area contributed by atoms with E-state index in [0.29, 0.717) is 6.20 Å². The number of nitrogens with one attached hydrogen (secondary N) is 2. The van der Waals surface area contributed by atoms with Crippen LogP contribution in [-0.2, 0) is 0 Å². The van der Waals surface area contributed by atoms with Gasteiger partial charge < -0.3 is 5.31 Å². The Balaban J connectivity index is 3.16. The molecule has 0 amide bonds. The van der Waals surface area contributed by atoms with E-state index in [-0.39, 0.29) is 10.6 Å². The van der Waals surface area contributed by atoms with E-state index < -0.39 is 19.2 Å². The van der Waals surface area contributed by atoms with E-state index in [2.05, 4.69) is 0 Å². The lowest BCUT2D eigenvalue weighted by Gasteiger charge is -2.05. The second-order valence-corrected chi connectivity index (χ2v) is 0.726. The summed E-state index contributed by atoms with van der Waals surface area (Å²) in [5.74, 6) is 0. The normalized spacial score (nSPS) is 60.3. The van der Waals surface area contributed by atoms with Crippen LogP contribution in [0.3, 0.4) is 0 Å². The molecule has 0 aromatic carbocycles. The van der Waals surface area contributed by atoms with Crippen LogP contribution in [0.5, 0.6) is 0 Å². The van der Waals surface area contributed by atoms with Crippen molar-refractivity contribution in [2.45, 2.75) is 0 Å². The third kappa shape index (κ3) is 0.723. The van der Waals surface area contributed by atoms with Crippen LogP contribution in [0.1, 0.15) is 6.85 Å². The van der Waals surface area contributed by atoms with Gasteiger partial charge >= 0.3 is 0 Å². The Labute approximate surface area is 47.2 Å². The average Bonchev–Trinajstić information content (AvgIpc) is 2.00. The predicted molar refractivity (Wildman–Crippen MR) is 25.1 cm³/mol. The third-order valence-electron chi connectivity index (χ3n) is 0.357. The molecule has 1 rings (SSSR count). The molecule has 0 fully saturated rings. The predicted octanol–water partition coefficient (Wildman–Crippen LogP) is -0.350. The fourth-order valence-electron chi connectivity index (χ4n) is 0.176. The smallest absolute Gasteiger partial charge is 0.161 e. The molecule has 34 valence electrons. The van der Waals surface area contributed by atoms with Crippen molar-refractivity contribution in [1.82, 2.24) is 10.6 Å². The molecule has 0 spiro atoms. The standard InChI is InChI=1S/C4H8N2/c1-2-5-4-6-3-1/h1-2,5-6H,3-4H2/i1D,3D2,4D2/hD2. The Morgan fingerprint density at radius 3 is 4.17 bits per heavy atom. The van der Waals surface area contributed by atoms with Gasteiger partial charge in [0.05, 0.1) is 10.7 Å². The largest absolute Gasteiger partial charge is 0.379 e. The van der Waals surface area contributed by atoms with Crippen molar-refractivity contribution in [2.75, 3.05) is 13.1 Å². The van der Waals surface area contributed by atoms with Crippen LogP contribution < -0.4 is 10.6 Å². The van der Waals surface area contributed by atoms with Gasteiger partial charge in [-0.2, -0.15) is 0 Å². The first-order chi connectivity index (χ1) is 5.70. The summed E-state index contributed by atoms with van der Waals surface area (Å²) in [6.45, 7) is -5.06. The lowest BCUT2D eigenvalue weighted by molar-refractivity contribution is 0.669. The summed E-state index contributed by atoms with van der Waals surface area (Å²) in [5, 5.41) is 0.193. The van der Waals surface area contributed by atoms with Crippen molar-refractivity contribution in [2.24, 2.45) is 0 Å². The third-order valence-corrected chi connectivity index (χ3v) is 0.357. The molecule has 6 heavy (non-hydrogen) atoms. The molecular formula is C4H8N2. The molecule has 0 aromatic heterocycles. The van der Waals surface area contributed by atoms with E-state index in [1.165, 1.54) is 0 Å². The summed E-state index contributed by atoms with van der Waals surface area (Å²) in [6, 6.07) is -0.618. The molecule has 2 nitrogen and oxygen atoms in total. The Hall–Kier alpha value is -0.500. The van der Waals surface area contributed by atoms with Crippen molar-refractivity contribution in [3.63, 3.8) is 0 Å². The maximum absolute atomic E-state index is 7.18. The quantitative estimate of drug-likeness (QED) is 0.426. The lowest BCUT2D eigenvalue weighted by Crippen LogP contribution is -2.29. The first-order valence-electron chi connectivity index (χ1n) is 4.86. The summed E-state index contributed by atoms with van der Waals surface area (Å²) >= 11 is 0.